The molecule has 3 aromatic rings. The maximum Gasteiger partial charge on any atom is 0.221 e. The average molecular weight is 409 g/mol. The molecule has 4 rings (SSSR count). The Kier molecular flexibility index (Phi) is 6.18. The fourth-order valence-electron chi connectivity index (χ4n) is 3.85. The number of ether oxygens (including phenoxy) is 2. The molecule has 7 nitrogen and oxygen atoms in total. The van der Waals surface area contributed by atoms with Gasteiger partial charge in [-0.05, 0) is 25.1 Å². The Morgan fingerprint density at radius 1 is 1.27 bits per heavy atom. The monoisotopic (exact) mass is 408 g/mol. The number of carbonyl (C=O) groups is 1. The molecule has 0 saturated heterocycles. The van der Waals surface area contributed by atoms with Gasteiger partial charge in [-0.2, -0.15) is 0 Å². The molecular weight excluding hydrogens is 380 g/mol. The van der Waals surface area contributed by atoms with E-state index in [-0.39, 0.29) is 12.0 Å². The molecule has 1 aromatic heterocycles. The number of rotatable bonds is 7. The van der Waals surface area contributed by atoms with E-state index in [0.29, 0.717) is 19.5 Å². The van der Waals surface area contributed by atoms with E-state index in [1.165, 1.54) is 0 Å². The van der Waals surface area contributed by atoms with Gasteiger partial charge in [0.1, 0.15) is 17.6 Å². The number of amides is 1. The number of methoxy groups -OCH3 is 1. The van der Waals surface area contributed by atoms with Crippen LogP contribution in [-0.4, -0.2) is 53.2 Å². The van der Waals surface area contributed by atoms with Gasteiger partial charge in [0, 0.05) is 50.8 Å². The first kappa shape index (κ1) is 20.2. The Hall–Kier alpha value is -3.06. The summed E-state index contributed by atoms with van der Waals surface area (Å²) in [7, 11) is 1.66. The van der Waals surface area contributed by atoms with E-state index in [4.69, 9.17) is 9.47 Å². The van der Waals surface area contributed by atoms with E-state index in [2.05, 4.69) is 22.1 Å². The van der Waals surface area contributed by atoms with Crippen LogP contribution in [0.25, 0.3) is 11.0 Å². The second-order valence-corrected chi connectivity index (χ2v) is 7.66. The predicted molar refractivity (Wildman–Crippen MR) is 116 cm³/mol. The summed E-state index contributed by atoms with van der Waals surface area (Å²) in [5.41, 5.74) is 3.14. The van der Waals surface area contributed by atoms with Gasteiger partial charge in [0.25, 0.3) is 0 Å². The molecule has 2 aromatic carbocycles. The van der Waals surface area contributed by atoms with Crippen molar-refractivity contribution in [3.63, 3.8) is 0 Å². The van der Waals surface area contributed by atoms with Gasteiger partial charge in [0.2, 0.25) is 5.91 Å². The molecular formula is C23H28N4O3. The molecule has 1 aliphatic heterocycles. The zero-order valence-corrected chi connectivity index (χ0v) is 17.5. The SMILES string of the molecule is COc1ccc2c(c1)O[C@@H](C)CN(CCNC(=O)CCn1cnc3ccccc31)C2. The summed E-state index contributed by atoms with van der Waals surface area (Å²) in [4.78, 5) is 19.0. The number of carbonyl (C=O) groups excluding carboxylic acids is 1. The van der Waals surface area contributed by atoms with Crippen molar-refractivity contribution in [3.05, 3.63) is 54.4 Å². The first-order valence-electron chi connectivity index (χ1n) is 10.3. The summed E-state index contributed by atoms with van der Waals surface area (Å²) in [6.07, 6.45) is 2.30. The van der Waals surface area contributed by atoms with Crippen molar-refractivity contribution in [3.8, 4) is 11.5 Å². The fraction of sp³-hybridized carbons (Fsp3) is 0.391. The smallest absolute Gasteiger partial charge is 0.221 e. The van der Waals surface area contributed by atoms with Crippen LogP contribution in [0.4, 0.5) is 0 Å². The highest BCUT2D eigenvalue weighted by Gasteiger charge is 2.20. The van der Waals surface area contributed by atoms with Gasteiger partial charge in [-0.25, -0.2) is 4.98 Å². The summed E-state index contributed by atoms with van der Waals surface area (Å²) in [6.45, 7) is 5.68. The molecule has 1 amide bonds. The van der Waals surface area contributed by atoms with Gasteiger partial charge in [-0.1, -0.05) is 18.2 Å². The minimum absolute atomic E-state index is 0.0528. The van der Waals surface area contributed by atoms with Crippen molar-refractivity contribution in [2.24, 2.45) is 0 Å². The highest BCUT2D eigenvalue weighted by atomic mass is 16.5. The molecule has 158 valence electrons. The Labute approximate surface area is 176 Å². The van der Waals surface area contributed by atoms with E-state index in [0.717, 1.165) is 47.7 Å². The van der Waals surface area contributed by atoms with Crippen LogP contribution >= 0.6 is 0 Å². The first-order chi connectivity index (χ1) is 14.6. The van der Waals surface area contributed by atoms with Crippen molar-refractivity contribution in [1.29, 1.82) is 0 Å². The molecule has 2 heterocycles. The Bertz CT molecular complexity index is 1020. The lowest BCUT2D eigenvalue weighted by Gasteiger charge is -2.21. The molecule has 0 bridgehead atoms. The van der Waals surface area contributed by atoms with Gasteiger partial charge in [0.05, 0.1) is 24.5 Å². The largest absolute Gasteiger partial charge is 0.497 e. The van der Waals surface area contributed by atoms with E-state index in [1.807, 2.05) is 47.0 Å². The Morgan fingerprint density at radius 2 is 2.13 bits per heavy atom. The quantitative estimate of drug-likeness (QED) is 0.651. The van der Waals surface area contributed by atoms with Crippen LogP contribution in [0.5, 0.6) is 11.5 Å². The molecule has 0 unspecified atom stereocenters. The second kappa shape index (κ2) is 9.17. The van der Waals surface area contributed by atoms with Crippen LogP contribution in [0.15, 0.2) is 48.8 Å². The number of aryl methyl sites for hydroxylation is 1. The van der Waals surface area contributed by atoms with Gasteiger partial charge >= 0.3 is 0 Å². The molecule has 7 heteroatoms. The third-order valence-electron chi connectivity index (χ3n) is 5.37. The molecule has 30 heavy (non-hydrogen) atoms. The molecule has 1 aliphatic rings. The van der Waals surface area contributed by atoms with E-state index >= 15 is 0 Å². The highest BCUT2D eigenvalue weighted by Crippen LogP contribution is 2.29. The van der Waals surface area contributed by atoms with Gasteiger partial charge < -0.3 is 19.4 Å². The first-order valence-corrected chi connectivity index (χ1v) is 10.3. The van der Waals surface area contributed by atoms with E-state index < -0.39 is 0 Å². The van der Waals surface area contributed by atoms with Gasteiger partial charge in [-0.3, -0.25) is 9.69 Å². The van der Waals surface area contributed by atoms with Crippen molar-refractivity contribution in [1.82, 2.24) is 19.8 Å². The number of fused-ring (bicyclic) bond motifs is 2. The number of para-hydroxylation sites is 2. The third-order valence-corrected chi connectivity index (χ3v) is 5.37. The number of nitrogens with one attached hydrogen (secondary N) is 1. The molecule has 0 saturated carbocycles. The number of imidazole rings is 1. The summed E-state index contributed by atoms with van der Waals surface area (Å²) in [5.74, 6) is 1.73. The normalized spacial score (nSPS) is 16.5. The molecule has 0 spiro atoms. The third kappa shape index (κ3) is 4.74. The van der Waals surface area contributed by atoms with Crippen molar-refractivity contribution in [2.75, 3.05) is 26.7 Å². The maximum atomic E-state index is 12.3. The number of aromatic nitrogens is 2. The zero-order valence-electron chi connectivity index (χ0n) is 17.5. The topological polar surface area (TPSA) is 68.6 Å². The summed E-state index contributed by atoms with van der Waals surface area (Å²) < 4.78 is 13.4. The Balaban J connectivity index is 1.26. The molecule has 0 fully saturated rings. The van der Waals surface area contributed by atoms with Crippen LogP contribution < -0.4 is 14.8 Å². The lowest BCUT2D eigenvalue weighted by atomic mass is 10.2. The van der Waals surface area contributed by atoms with Crippen LogP contribution in [0.2, 0.25) is 0 Å². The Morgan fingerprint density at radius 3 is 3.00 bits per heavy atom. The summed E-state index contributed by atoms with van der Waals surface area (Å²) in [6, 6.07) is 13.9. The standard InChI is InChI=1S/C23H28N4O3/c1-17-14-26(15-18-7-8-19(29-2)13-22(18)30-17)12-10-24-23(28)9-11-27-16-25-20-5-3-4-6-21(20)27/h3-8,13,16-17H,9-12,14-15H2,1-2H3,(H,24,28)/t17-/m0/s1. The fourth-order valence-corrected chi connectivity index (χ4v) is 3.85. The molecule has 1 atom stereocenters. The minimum atomic E-state index is 0.0528. The predicted octanol–water partition coefficient (Wildman–Crippen LogP) is 2.83. The second-order valence-electron chi connectivity index (χ2n) is 7.66. The highest BCUT2D eigenvalue weighted by molar-refractivity contribution is 5.77. The molecule has 1 N–H and O–H groups in total. The van der Waals surface area contributed by atoms with Gasteiger partial charge in [0.15, 0.2) is 0 Å². The minimum Gasteiger partial charge on any atom is -0.497 e. The molecule has 0 aliphatic carbocycles. The van der Waals surface area contributed by atoms with Crippen LogP contribution in [-0.2, 0) is 17.9 Å². The molecule has 0 radical (unpaired) electrons. The van der Waals surface area contributed by atoms with Crippen molar-refractivity contribution in [2.45, 2.75) is 32.5 Å². The number of nitrogens with zero attached hydrogens (tertiary/aromatic N) is 3. The lowest BCUT2D eigenvalue weighted by Crippen LogP contribution is -2.38. The van der Waals surface area contributed by atoms with Crippen molar-refractivity contribution >= 4 is 16.9 Å². The van der Waals surface area contributed by atoms with Crippen molar-refractivity contribution < 1.29 is 14.3 Å². The lowest BCUT2D eigenvalue weighted by molar-refractivity contribution is -0.121. The number of hydrogen-bond donors (Lipinski definition) is 1. The van der Waals surface area contributed by atoms with Crippen LogP contribution in [0.3, 0.4) is 0 Å². The summed E-state index contributed by atoms with van der Waals surface area (Å²) in [5, 5.41) is 3.04. The maximum absolute atomic E-state index is 12.3. The van der Waals surface area contributed by atoms with Crippen LogP contribution in [0.1, 0.15) is 18.9 Å². The average Bonchev–Trinajstić information content (AvgIpc) is 3.08. The number of benzene rings is 2. The summed E-state index contributed by atoms with van der Waals surface area (Å²) >= 11 is 0. The number of hydrogen-bond acceptors (Lipinski definition) is 5. The van der Waals surface area contributed by atoms with Gasteiger partial charge in [-0.15, -0.1) is 0 Å². The van der Waals surface area contributed by atoms with E-state index in [1.54, 1.807) is 13.4 Å². The van der Waals surface area contributed by atoms with Crippen LogP contribution in [0, 0.1) is 0 Å². The zero-order chi connectivity index (χ0) is 20.9. The van der Waals surface area contributed by atoms with E-state index in [9.17, 15) is 4.79 Å².